The Morgan fingerprint density at radius 1 is 1.05 bits per heavy atom. The van der Waals surface area contributed by atoms with Crippen molar-refractivity contribution in [3.05, 3.63) is 72.0 Å². The maximum atomic E-state index is 12.4. The molecule has 1 N–H and O–H groups in total. The van der Waals surface area contributed by atoms with Crippen LogP contribution in [0.2, 0.25) is 0 Å². The minimum Gasteiger partial charge on any atom is -0.363 e. The van der Waals surface area contributed by atoms with Crippen LogP contribution in [0.3, 0.4) is 0 Å². The van der Waals surface area contributed by atoms with Crippen LogP contribution in [0.5, 0.6) is 0 Å². The lowest BCUT2D eigenvalue weighted by Crippen LogP contribution is -2.13. The monoisotopic (exact) mass is 278 g/mol. The topological polar surface area (TPSA) is 55.1 Å². The Morgan fingerprint density at radius 2 is 1.76 bits per heavy atom. The number of nitrogens with zero attached hydrogens (tertiary/aromatic N) is 1. The zero-order chi connectivity index (χ0) is 14.7. The Kier molecular flexibility index (Phi) is 3.51. The number of hydrogen-bond donors (Lipinski definition) is 1. The van der Waals surface area contributed by atoms with Gasteiger partial charge in [0.05, 0.1) is 0 Å². The van der Waals surface area contributed by atoms with Crippen molar-refractivity contribution in [3.63, 3.8) is 0 Å². The molecule has 0 atom stereocenters. The van der Waals surface area contributed by atoms with E-state index in [0.717, 1.165) is 16.8 Å². The number of benzene rings is 2. The largest absolute Gasteiger partial charge is 0.363 e. The fraction of sp³-hybridized carbons (Fsp3) is 0.0588. The second-order valence-electron chi connectivity index (χ2n) is 4.71. The standard InChI is InChI=1S/C17H14N2O2/c1-12-7-5-6-10-15(12)18-17(20)14-11-21-19-16(14)13-8-3-2-4-9-13/h2-11H,1H3,(H,18,20). The van der Waals surface area contributed by atoms with E-state index in [1.165, 1.54) is 6.26 Å². The molecule has 0 radical (unpaired) electrons. The van der Waals surface area contributed by atoms with Gasteiger partial charge in [0, 0.05) is 11.3 Å². The van der Waals surface area contributed by atoms with Gasteiger partial charge in [-0.05, 0) is 18.6 Å². The molecule has 1 amide bonds. The van der Waals surface area contributed by atoms with E-state index in [4.69, 9.17) is 4.52 Å². The van der Waals surface area contributed by atoms with Crippen LogP contribution in [-0.2, 0) is 0 Å². The first kappa shape index (κ1) is 13.1. The smallest absolute Gasteiger partial charge is 0.261 e. The van der Waals surface area contributed by atoms with Crippen molar-refractivity contribution in [1.82, 2.24) is 5.16 Å². The van der Waals surface area contributed by atoms with Crippen molar-refractivity contribution in [2.24, 2.45) is 0 Å². The van der Waals surface area contributed by atoms with Crippen molar-refractivity contribution >= 4 is 11.6 Å². The molecule has 0 saturated carbocycles. The van der Waals surface area contributed by atoms with Crippen LogP contribution in [0.1, 0.15) is 15.9 Å². The summed E-state index contributed by atoms with van der Waals surface area (Å²) in [5.41, 5.74) is 3.60. The van der Waals surface area contributed by atoms with Crippen LogP contribution in [0.25, 0.3) is 11.3 Å². The summed E-state index contributed by atoms with van der Waals surface area (Å²) in [6, 6.07) is 17.1. The number of carbonyl (C=O) groups is 1. The van der Waals surface area contributed by atoms with E-state index in [-0.39, 0.29) is 5.91 Å². The molecule has 4 nitrogen and oxygen atoms in total. The SMILES string of the molecule is Cc1ccccc1NC(=O)c1conc1-c1ccccc1. The van der Waals surface area contributed by atoms with E-state index in [2.05, 4.69) is 10.5 Å². The molecule has 2 aromatic carbocycles. The molecule has 104 valence electrons. The van der Waals surface area contributed by atoms with Gasteiger partial charge < -0.3 is 9.84 Å². The second kappa shape index (κ2) is 5.63. The number of nitrogens with one attached hydrogen (secondary N) is 1. The molecule has 0 aliphatic heterocycles. The van der Waals surface area contributed by atoms with Crippen molar-refractivity contribution in [2.45, 2.75) is 6.92 Å². The van der Waals surface area contributed by atoms with Crippen molar-refractivity contribution in [2.75, 3.05) is 5.32 Å². The van der Waals surface area contributed by atoms with Gasteiger partial charge in [0.1, 0.15) is 17.5 Å². The van der Waals surface area contributed by atoms with E-state index in [9.17, 15) is 4.79 Å². The predicted molar refractivity (Wildman–Crippen MR) is 81.1 cm³/mol. The van der Waals surface area contributed by atoms with Gasteiger partial charge in [0.25, 0.3) is 5.91 Å². The summed E-state index contributed by atoms with van der Waals surface area (Å²) in [5, 5.41) is 6.82. The summed E-state index contributed by atoms with van der Waals surface area (Å²) in [6.45, 7) is 1.95. The molecular weight excluding hydrogens is 264 g/mol. The van der Waals surface area contributed by atoms with Crippen LogP contribution in [0.15, 0.2) is 65.4 Å². The molecule has 0 bridgehead atoms. The number of carbonyl (C=O) groups excluding carboxylic acids is 1. The fourth-order valence-electron chi connectivity index (χ4n) is 2.10. The minimum absolute atomic E-state index is 0.232. The van der Waals surface area contributed by atoms with Crippen molar-refractivity contribution in [3.8, 4) is 11.3 Å². The maximum Gasteiger partial charge on any atom is 0.261 e. The van der Waals surface area contributed by atoms with Crippen LogP contribution >= 0.6 is 0 Å². The lowest BCUT2D eigenvalue weighted by atomic mass is 10.1. The highest BCUT2D eigenvalue weighted by atomic mass is 16.5. The van der Waals surface area contributed by atoms with E-state index in [0.29, 0.717) is 11.3 Å². The number of aryl methyl sites for hydroxylation is 1. The summed E-state index contributed by atoms with van der Waals surface area (Å²) in [6.07, 6.45) is 1.37. The lowest BCUT2D eigenvalue weighted by Gasteiger charge is -2.07. The zero-order valence-electron chi connectivity index (χ0n) is 11.5. The quantitative estimate of drug-likeness (QED) is 0.790. The average Bonchev–Trinajstić information content (AvgIpc) is 3.00. The highest BCUT2D eigenvalue weighted by Gasteiger charge is 2.17. The first-order chi connectivity index (χ1) is 10.3. The molecule has 1 aromatic heterocycles. The van der Waals surface area contributed by atoms with Crippen molar-refractivity contribution < 1.29 is 9.32 Å². The van der Waals surface area contributed by atoms with E-state index in [1.54, 1.807) is 0 Å². The first-order valence-corrected chi connectivity index (χ1v) is 6.62. The molecule has 21 heavy (non-hydrogen) atoms. The van der Waals surface area contributed by atoms with E-state index < -0.39 is 0 Å². The third-order valence-electron chi connectivity index (χ3n) is 3.25. The Morgan fingerprint density at radius 3 is 2.52 bits per heavy atom. The molecule has 0 aliphatic rings. The summed E-state index contributed by atoms with van der Waals surface area (Å²) in [4.78, 5) is 12.4. The third-order valence-corrected chi connectivity index (χ3v) is 3.25. The zero-order valence-corrected chi connectivity index (χ0v) is 11.5. The number of hydrogen-bond acceptors (Lipinski definition) is 3. The average molecular weight is 278 g/mol. The Balaban J connectivity index is 1.90. The Labute approximate surface area is 122 Å². The maximum absolute atomic E-state index is 12.4. The van der Waals surface area contributed by atoms with Gasteiger partial charge >= 0.3 is 0 Å². The van der Waals surface area contributed by atoms with Crippen LogP contribution in [-0.4, -0.2) is 11.1 Å². The van der Waals surface area contributed by atoms with Crippen LogP contribution in [0.4, 0.5) is 5.69 Å². The summed E-state index contributed by atoms with van der Waals surface area (Å²) >= 11 is 0. The molecule has 0 saturated heterocycles. The molecule has 4 heteroatoms. The number of aromatic nitrogens is 1. The fourth-order valence-corrected chi connectivity index (χ4v) is 2.10. The highest BCUT2D eigenvalue weighted by molar-refractivity contribution is 6.08. The molecule has 3 rings (SSSR count). The number of rotatable bonds is 3. The Bertz CT molecular complexity index is 763. The molecule has 3 aromatic rings. The molecular formula is C17H14N2O2. The predicted octanol–water partition coefficient (Wildman–Crippen LogP) is 3.90. The van der Waals surface area contributed by atoms with Crippen molar-refractivity contribution in [1.29, 1.82) is 0 Å². The van der Waals surface area contributed by atoms with Gasteiger partial charge in [-0.1, -0.05) is 53.7 Å². The highest BCUT2D eigenvalue weighted by Crippen LogP contribution is 2.23. The van der Waals surface area contributed by atoms with Gasteiger partial charge in [0.15, 0.2) is 0 Å². The molecule has 1 heterocycles. The van der Waals surface area contributed by atoms with Gasteiger partial charge in [-0.3, -0.25) is 4.79 Å². The van der Waals surface area contributed by atoms with Gasteiger partial charge in [-0.15, -0.1) is 0 Å². The van der Waals surface area contributed by atoms with E-state index >= 15 is 0 Å². The summed E-state index contributed by atoms with van der Waals surface area (Å²) < 4.78 is 4.98. The molecule has 0 aliphatic carbocycles. The Hall–Kier alpha value is -2.88. The second-order valence-corrected chi connectivity index (χ2v) is 4.71. The molecule has 0 unspecified atom stereocenters. The third kappa shape index (κ3) is 2.69. The first-order valence-electron chi connectivity index (χ1n) is 6.62. The number of para-hydroxylation sites is 1. The summed E-state index contributed by atoms with van der Waals surface area (Å²) in [5.74, 6) is -0.232. The number of amides is 1. The van der Waals surface area contributed by atoms with Gasteiger partial charge in [-0.2, -0.15) is 0 Å². The summed E-state index contributed by atoms with van der Waals surface area (Å²) in [7, 11) is 0. The number of anilines is 1. The van der Waals surface area contributed by atoms with Gasteiger partial charge in [-0.25, -0.2) is 0 Å². The lowest BCUT2D eigenvalue weighted by molar-refractivity contribution is 0.102. The molecule has 0 spiro atoms. The minimum atomic E-state index is -0.232. The van der Waals surface area contributed by atoms with Crippen LogP contribution in [0, 0.1) is 6.92 Å². The van der Waals surface area contributed by atoms with Gasteiger partial charge in [0.2, 0.25) is 0 Å². The van der Waals surface area contributed by atoms with Crippen LogP contribution < -0.4 is 5.32 Å². The normalized spacial score (nSPS) is 10.3. The van der Waals surface area contributed by atoms with E-state index in [1.807, 2.05) is 61.5 Å². The molecule has 0 fully saturated rings.